The van der Waals surface area contributed by atoms with Gasteiger partial charge in [0.05, 0.1) is 5.92 Å². The molecule has 7 heteroatoms. The van der Waals surface area contributed by atoms with Crippen LogP contribution in [-0.4, -0.2) is 29.0 Å². The lowest BCUT2D eigenvalue weighted by Crippen LogP contribution is -2.41. The van der Waals surface area contributed by atoms with Gasteiger partial charge in [-0.1, -0.05) is 0 Å². The Kier molecular flexibility index (Phi) is 2.99. The van der Waals surface area contributed by atoms with Crippen LogP contribution in [0, 0.1) is 5.92 Å². The van der Waals surface area contributed by atoms with Crippen LogP contribution in [0.3, 0.4) is 0 Å². The Morgan fingerprint density at radius 1 is 1.41 bits per heavy atom. The molecule has 1 aliphatic rings. The number of amides is 1. The fourth-order valence-corrected chi connectivity index (χ4v) is 2.05. The van der Waals surface area contributed by atoms with Crippen LogP contribution in [0.4, 0.5) is 17.6 Å². The van der Waals surface area contributed by atoms with Crippen molar-refractivity contribution in [2.75, 3.05) is 29.5 Å². The van der Waals surface area contributed by atoms with E-state index in [2.05, 4.69) is 9.97 Å². The second-order valence-electron chi connectivity index (χ2n) is 4.20. The molecule has 1 aliphatic heterocycles. The van der Waals surface area contributed by atoms with E-state index < -0.39 is 0 Å². The first-order valence-electron chi connectivity index (χ1n) is 5.50. The van der Waals surface area contributed by atoms with E-state index in [0.29, 0.717) is 18.2 Å². The molecule has 1 unspecified atom stereocenters. The average Bonchev–Trinajstić information content (AvgIpc) is 2.28. The zero-order chi connectivity index (χ0) is 12.4. The summed E-state index contributed by atoms with van der Waals surface area (Å²) in [7, 11) is 0. The number of aromatic nitrogens is 2. The molecule has 0 spiro atoms. The van der Waals surface area contributed by atoms with E-state index in [1.54, 1.807) is 6.07 Å². The van der Waals surface area contributed by atoms with Gasteiger partial charge >= 0.3 is 0 Å². The molecule has 0 radical (unpaired) electrons. The molecule has 1 saturated heterocycles. The minimum Gasteiger partial charge on any atom is -0.383 e. The summed E-state index contributed by atoms with van der Waals surface area (Å²) in [6.07, 6.45) is 1.72. The van der Waals surface area contributed by atoms with Crippen molar-refractivity contribution in [3.63, 3.8) is 0 Å². The fraction of sp³-hybridized carbons (Fsp3) is 0.500. The predicted molar refractivity (Wildman–Crippen MR) is 65.0 cm³/mol. The maximum absolute atomic E-state index is 11.2. The minimum absolute atomic E-state index is 0.138. The second-order valence-corrected chi connectivity index (χ2v) is 4.20. The monoisotopic (exact) mass is 236 g/mol. The third-order valence-electron chi connectivity index (χ3n) is 2.90. The van der Waals surface area contributed by atoms with Gasteiger partial charge in [0.1, 0.15) is 11.6 Å². The number of nitrogen functional groups attached to an aromatic ring is 2. The summed E-state index contributed by atoms with van der Waals surface area (Å²) < 4.78 is 0. The highest BCUT2D eigenvalue weighted by Crippen LogP contribution is 2.22. The topological polar surface area (TPSA) is 124 Å². The van der Waals surface area contributed by atoms with E-state index in [-0.39, 0.29) is 17.8 Å². The van der Waals surface area contributed by atoms with Crippen LogP contribution >= 0.6 is 0 Å². The molecular weight excluding hydrogens is 220 g/mol. The number of hydrogen-bond donors (Lipinski definition) is 3. The quantitative estimate of drug-likeness (QED) is 0.626. The van der Waals surface area contributed by atoms with Crippen LogP contribution in [-0.2, 0) is 4.79 Å². The summed E-state index contributed by atoms with van der Waals surface area (Å²) in [4.78, 5) is 21.1. The predicted octanol–water partition coefficient (Wildman–Crippen LogP) is -0.657. The Morgan fingerprint density at radius 3 is 2.82 bits per heavy atom. The number of hydrogen-bond acceptors (Lipinski definition) is 6. The summed E-state index contributed by atoms with van der Waals surface area (Å²) in [5.74, 6) is 0.710. The second kappa shape index (κ2) is 4.44. The number of anilines is 3. The van der Waals surface area contributed by atoms with Crippen LogP contribution in [0.2, 0.25) is 0 Å². The number of nitrogens with zero attached hydrogens (tertiary/aromatic N) is 3. The molecule has 92 valence electrons. The lowest BCUT2D eigenvalue weighted by molar-refractivity contribution is -0.122. The molecule has 17 heavy (non-hydrogen) atoms. The van der Waals surface area contributed by atoms with Crippen molar-refractivity contribution in [2.45, 2.75) is 12.8 Å². The Bertz CT molecular complexity index is 415. The van der Waals surface area contributed by atoms with Crippen LogP contribution in [0.25, 0.3) is 0 Å². The van der Waals surface area contributed by atoms with E-state index in [1.165, 1.54) is 0 Å². The van der Waals surface area contributed by atoms with E-state index in [1.807, 2.05) is 4.90 Å². The standard InChI is InChI=1S/C10H16N6O/c11-7-4-8(15-10(13)14-7)16-3-1-2-6(5-16)9(12)17/h4,6H,1-3,5H2,(H2,12,17)(H4,11,13,14,15). The first-order chi connectivity index (χ1) is 8.06. The molecule has 1 aromatic rings. The zero-order valence-corrected chi connectivity index (χ0v) is 9.47. The molecule has 1 atom stereocenters. The van der Waals surface area contributed by atoms with Gasteiger partial charge < -0.3 is 22.1 Å². The van der Waals surface area contributed by atoms with Gasteiger partial charge in [0.2, 0.25) is 11.9 Å². The van der Waals surface area contributed by atoms with E-state index in [0.717, 1.165) is 19.4 Å². The molecule has 2 heterocycles. The molecule has 7 nitrogen and oxygen atoms in total. The molecule has 1 amide bonds. The molecule has 0 aromatic carbocycles. The molecule has 0 aliphatic carbocycles. The lowest BCUT2D eigenvalue weighted by Gasteiger charge is -2.32. The smallest absolute Gasteiger partial charge is 0.223 e. The number of rotatable bonds is 2. The lowest BCUT2D eigenvalue weighted by atomic mass is 9.97. The average molecular weight is 236 g/mol. The molecule has 0 saturated carbocycles. The van der Waals surface area contributed by atoms with Gasteiger partial charge in [-0.15, -0.1) is 0 Å². The number of carbonyl (C=O) groups excluding carboxylic acids is 1. The van der Waals surface area contributed by atoms with Gasteiger partial charge in [0.15, 0.2) is 0 Å². The van der Waals surface area contributed by atoms with Gasteiger partial charge in [-0.25, -0.2) is 0 Å². The third kappa shape index (κ3) is 2.55. The van der Waals surface area contributed by atoms with Gasteiger partial charge in [0.25, 0.3) is 0 Å². The first-order valence-corrected chi connectivity index (χ1v) is 5.50. The number of primary amides is 1. The highest BCUT2D eigenvalue weighted by atomic mass is 16.1. The van der Waals surface area contributed by atoms with Gasteiger partial charge in [-0.2, -0.15) is 9.97 Å². The molecular formula is C10H16N6O. The summed E-state index contributed by atoms with van der Waals surface area (Å²) in [6.45, 7) is 1.38. The number of nitrogens with two attached hydrogens (primary N) is 3. The summed E-state index contributed by atoms with van der Waals surface area (Å²) in [5.41, 5.74) is 16.5. The van der Waals surface area contributed by atoms with Crippen molar-refractivity contribution in [1.82, 2.24) is 9.97 Å². The summed E-state index contributed by atoms with van der Waals surface area (Å²) in [6, 6.07) is 1.65. The van der Waals surface area contributed by atoms with Crippen LogP contribution < -0.4 is 22.1 Å². The van der Waals surface area contributed by atoms with Crippen molar-refractivity contribution >= 4 is 23.5 Å². The maximum atomic E-state index is 11.2. The van der Waals surface area contributed by atoms with Crippen molar-refractivity contribution in [3.8, 4) is 0 Å². The maximum Gasteiger partial charge on any atom is 0.223 e. The highest BCUT2D eigenvalue weighted by molar-refractivity contribution is 5.77. The Labute approximate surface area is 99.0 Å². The fourth-order valence-electron chi connectivity index (χ4n) is 2.05. The van der Waals surface area contributed by atoms with Crippen molar-refractivity contribution in [1.29, 1.82) is 0 Å². The van der Waals surface area contributed by atoms with E-state index in [9.17, 15) is 4.79 Å². The van der Waals surface area contributed by atoms with Crippen LogP contribution in [0.15, 0.2) is 6.07 Å². The normalized spacial score (nSPS) is 20.2. The van der Waals surface area contributed by atoms with Crippen molar-refractivity contribution < 1.29 is 4.79 Å². The largest absolute Gasteiger partial charge is 0.383 e. The van der Waals surface area contributed by atoms with Crippen molar-refractivity contribution in [3.05, 3.63) is 6.07 Å². The van der Waals surface area contributed by atoms with E-state index in [4.69, 9.17) is 17.2 Å². The Morgan fingerprint density at radius 2 is 2.18 bits per heavy atom. The van der Waals surface area contributed by atoms with Gasteiger partial charge in [0, 0.05) is 19.2 Å². The molecule has 1 aromatic heterocycles. The Balaban J connectivity index is 2.18. The summed E-state index contributed by atoms with van der Waals surface area (Å²) in [5, 5.41) is 0. The first kappa shape index (κ1) is 11.4. The molecule has 6 N–H and O–H groups in total. The van der Waals surface area contributed by atoms with Gasteiger partial charge in [-0.05, 0) is 12.8 Å². The van der Waals surface area contributed by atoms with Crippen LogP contribution in [0.1, 0.15) is 12.8 Å². The SMILES string of the molecule is NC(=O)C1CCCN(c2cc(N)nc(N)n2)C1. The molecule has 0 bridgehead atoms. The third-order valence-corrected chi connectivity index (χ3v) is 2.90. The number of piperidine rings is 1. The van der Waals surface area contributed by atoms with E-state index >= 15 is 0 Å². The Hall–Kier alpha value is -2.05. The zero-order valence-electron chi connectivity index (χ0n) is 9.47. The molecule has 2 rings (SSSR count). The van der Waals surface area contributed by atoms with Crippen molar-refractivity contribution in [2.24, 2.45) is 11.7 Å². The van der Waals surface area contributed by atoms with Crippen LogP contribution in [0.5, 0.6) is 0 Å². The minimum atomic E-state index is -0.273. The number of carbonyl (C=O) groups is 1. The summed E-state index contributed by atoms with van der Waals surface area (Å²) >= 11 is 0. The highest BCUT2D eigenvalue weighted by Gasteiger charge is 2.25. The van der Waals surface area contributed by atoms with Gasteiger partial charge in [-0.3, -0.25) is 4.79 Å². The molecule has 1 fully saturated rings.